The second-order valence-electron chi connectivity index (χ2n) is 27.6. The van der Waals surface area contributed by atoms with E-state index in [4.69, 9.17) is 39.5 Å². The number of imide groups is 1. The van der Waals surface area contributed by atoms with Gasteiger partial charge in [-0.05, 0) is 102 Å². The second-order valence-corrected chi connectivity index (χ2v) is 30.8. The Bertz CT molecular complexity index is 4360. The Morgan fingerprint density at radius 3 is 1.55 bits per heavy atom. The molecule has 0 radical (unpaired) electrons. The summed E-state index contributed by atoms with van der Waals surface area (Å²) in [6, 6.07) is 12.9. The number of H-pyrrole nitrogens is 4. The van der Waals surface area contributed by atoms with E-state index in [1.807, 2.05) is 53.7 Å². The lowest BCUT2D eigenvalue weighted by Gasteiger charge is -2.50. The summed E-state index contributed by atoms with van der Waals surface area (Å²) in [5, 5.41) is 41.7. The van der Waals surface area contributed by atoms with Crippen molar-refractivity contribution in [3.8, 4) is 0 Å². The summed E-state index contributed by atoms with van der Waals surface area (Å²) in [4.78, 5) is 73.9. The van der Waals surface area contributed by atoms with Gasteiger partial charge < -0.3 is 40.3 Å². The number of halogens is 6. The Morgan fingerprint density at radius 2 is 1.10 bits per heavy atom. The van der Waals surface area contributed by atoms with Gasteiger partial charge in [-0.25, -0.2) is 13.2 Å². The molecule has 101 heavy (non-hydrogen) atoms. The fourth-order valence-corrected chi connectivity index (χ4v) is 16.6. The van der Waals surface area contributed by atoms with E-state index in [0.29, 0.717) is 77.2 Å². The molecule has 1 aliphatic carbocycles. The van der Waals surface area contributed by atoms with E-state index in [2.05, 4.69) is 109 Å². The van der Waals surface area contributed by atoms with Gasteiger partial charge in [0.05, 0.1) is 78.9 Å². The summed E-state index contributed by atoms with van der Waals surface area (Å²) >= 11 is 18.7. The number of nitrogens with zero attached hydrogens (tertiary/aromatic N) is 12. The summed E-state index contributed by atoms with van der Waals surface area (Å²) < 4.78 is 70.8. The number of sulfonamides is 1. The van der Waals surface area contributed by atoms with Crippen LogP contribution in [0.3, 0.4) is 0 Å². The van der Waals surface area contributed by atoms with Crippen molar-refractivity contribution in [1.82, 2.24) is 75.7 Å². The van der Waals surface area contributed by atoms with Crippen LogP contribution in [-0.2, 0) is 40.1 Å². The number of fused-ring (bicyclic) bond motifs is 5. The van der Waals surface area contributed by atoms with Crippen LogP contribution in [0.1, 0.15) is 78.7 Å². The van der Waals surface area contributed by atoms with E-state index in [1.165, 1.54) is 41.8 Å². The summed E-state index contributed by atoms with van der Waals surface area (Å²) in [7, 11) is -0.259. The fraction of sp³-hybridized carbons (Fsp3) is 0.507. The number of carbonyl (C=O) groups excluding carboxylic acids is 5. The number of anilines is 4. The quantitative estimate of drug-likeness (QED) is 0.0446. The number of methoxy groups -OCH3 is 1. The normalized spacial score (nSPS) is 20.2. The van der Waals surface area contributed by atoms with Crippen molar-refractivity contribution >= 4 is 141 Å². The van der Waals surface area contributed by atoms with Gasteiger partial charge in [0.15, 0.2) is 0 Å². The first-order chi connectivity index (χ1) is 47.9. The lowest BCUT2D eigenvalue weighted by molar-refractivity contribution is -0.143. The average Bonchev–Trinajstić information content (AvgIpc) is 1.30. The highest BCUT2D eigenvalue weighted by atomic mass is 35.5. The molecule has 5 amide bonds. The zero-order valence-electron chi connectivity index (χ0n) is 57.5. The molecular formula is C67H85Cl3F3N19O8S. The number of nitrogens with one attached hydrogen (secondary N) is 7. The molecule has 544 valence electrons. The number of ether oxygens (including phenoxy) is 1. The molecule has 7 N–H and O–H groups in total. The van der Waals surface area contributed by atoms with Crippen LogP contribution in [0.5, 0.6) is 0 Å². The number of aromatic amines is 4. The molecule has 14 rings (SSSR count). The molecule has 8 aromatic rings. The van der Waals surface area contributed by atoms with Crippen LogP contribution in [0.25, 0.3) is 43.6 Å². The summed E-state index contributed by atoms with van der Waals surface area (Å²) in [6.07, 6.45) is 8.03. The molecule has 9 heterocycles. The van der Waals surface area contributed by atoms with Crippen molar-refractivity contribution in [1.29, 1.82) is 0 Å². The maximum Gasteiger partial charge on any atom is 0.416 e. The van der Waals surface area contributed by atoms with Gasteiger partial charge in [-0.3, -0.25) is 54.3 Å². The maximum absolute atomic E-state index is 13.4. The van der Waals surface area contributed by atoms with Gasteiger partial charge >= 0.3 is 18.2 Å². The number of piperazine rings is 3. The molecule has 6 aliphatic rings. The van der Waals surface area contributed by atoms with Crippen molar-refractivity contribution in [3.05, 3.63) is 93.9 Å². The van der Waals surface area contributed by atoms with Gasteiger partial charge in [0.25, 0.3) is 5.91 Å². The zero-order valence-corrected chi connectivity index (χ0v) is 60.6. The third-order valence-corrected chi connectivity index (χ3v) is 22.0. The van der Waals surface area contributed by atoms with Crippen molar-refractivity contribution in [2.24, 2.45) is 0 Å². The molecule has 6 fully saturated rings. The van der Waals surface area contributed by atoms with Crippen LogP contribution in [0.2, 0.25) is 15.1 Å². The molecule has 5 aliphatic heterocycles. The molecule has 1 spiro atoms. The van der Waals surface area contributed by atoms with E-state index in [1.54, 1.807) is 13.2 Å². The summed E-state index contributed by atoms with van der Waals surface area (Å²) in [5.74, 6) is -0.567. The smallest absolute Gasteiger partial charge is 0.416 e. The van der Waals surface area contributed by atoms with Gasteiger partial charge in [0.2, 0.25) is 21.8 Å². The monoisotopic (exact) mass is 1480 g/mol. The predicted molar refractivity (Wildman–Crippen MR) is 384 cm³/mol. The van der Waals surface area contributed by atoms with Gasteiger partial charge in [-0.15, -0.1) is 0 Å². The first kappa shape index (κ1) is 74.0. The first-order valence-corrected chi connectivity index (χ1v) is 36.4. The van der Waals surface area contributed by atoms with E-state index >= 15 is 0 Å². The van der Waals surface area contributed by atoms with E-state index < -0.39 is 33.3 Å². The van der Waals surface area contributed by atoms with Crippen molar-refractivity contribution in [2.45, 2.75) is 108 Å². The van der Waals surface area contributed by atoms with Crippen LogP contribution in [-0.4, -0.2) is 239 Å². The van der Waals surface area contributed by atoms with Crippen LogP contribution < -0.4 is 35.6 Å². The molecule has 1 saturated carbocycles. The molecule has 0 bridgehead atoms. The number of rotatable bonds is 12. The number of benzene rings is 4. The van der Waals surface area contributed by atoms with E-state index in [-0.39, 0.29) is 66.5 Å². The molecule has 34 heteroatoms. The highest BCUT2D eigenvalue weighted by molar-refractivity contribution is 7.88. The Morgan fingerprint density at radius 1 is 0.634 bits per heavy atom. The van der Waals surface area contributed by atoms with Gasteiger partial charge in [0, 0.05) is 175 Å². The van der Waals surface area contributed by atoms with Crippen LogP contribution in [0.4, 0.5) is 40.7 Å². The number of hydrogen-bond acceptors (Lipinski definition) is 18. The highest BCUT2D eigenvalue weighted by Gasteiger charge is 2.52. The predicted octanol–water partition coefficient (Wildman–Crippen LogP) is 8.37. The van der Waals surface area contributed by atoms with Crippen molar-refractivity contribution in [3.63, 3.8) is 0 Å². The molecular weight excluding hydrogens is 1390 g/mol. The van der Waals surface area contributed by atoms with Gasteiger partial charge in [-0.1, -0.05) is 47.6 Å². The number of aromatic nitrogens is 8. The average molecular weight is 1480 g/mol. The minimum absolute atomic E-state index is 0.0477. The molecule has 5 saturated heterocycles. The minimum Gasteiger partial charge on any atom is -0.468 e. The standard InChI is InChI=1S/C18H21ClN6O3.C17H21F3N4O2S.C16H22ClN5O.C16H21ClN4O2/c1-11(26)20-4-7-25-16(27)18(22-17(25)28)2-5-24(6-3-18)15-9-12(19)8-14-13(15)10-21-23-14;1-27(25,26)24-7-6-23(14-4-2-3-5-15(14)24)16-9-11(17(18,19)20)8-13-12(16)10-21-22-13;1-16(2)10-21(4-5-22(16)9-15(23)18-3)14-7-11(17)6-13-12(14)8-19-20-13;1-16(2)10-20(4-5-21(16)9-15(22)23-3)14-7-11(17)6-13-12(14)8-18-19-13/h8-10H,2-7H2,1H3,(H,20,26)(H,21,23)(H,22,28);8-10,14-15H,2-7H2,1H3,(H,21,22);6-8H,4-5,9-10H2,1-3H3,(H,18,23)(H,19,20);6-8H,4-5,9-10H2,1-3H3,(H,18,19). The largest absolute Gasteiger partial charge is 0.468 e. The van der Waals surface area contributed by atoms with Crippen molar-refractivity contribution < 1.29 is 50.3 Å². The maximum atomic E-state index is 13.4. The van der Waals surface area contributed by atoms with Gasteiger partial charge in [0.1, 0.15) is 5.54 Å². The van der Waals surface area contributed by atoms with Crippen LogP contribution in [0.15, 0.2) is 73.3 Å². The molecule has 4 aromatic heterocycles. The molecule has 2 unspecified atom stereocenters. The Kier molecular flexibility index (Phi) is 22.0. The second kappa shape index (κ2) is 30.0. The topological polar surface area (TPSA) is 305 Å². The summed E-state index contributed by atoms with van der Waals surface area (Å²) in [5.41, 5.74) is 4.80. The Labute approximate surface area is 597 Å². The van der Waals surface area contributed by atoms with E-state index in [0.717, 1.165) is 121 Å². The highest BCUT2D eigenvalue weighted by Crippen LogP contribution is 2.43. The SMILES string of the molecule is CC(=O)NCCN1C(=O)NC2(CCN(c3cc(Cl)cc4[nH]ncc34)CC2)C1=O.CNC(=O)CN1CCN(c2cc(Cl)cc3[nH]ncc23)CC1(C)C.COC(=O)CN1CCN(c2cc(Cl)cc3[nH]ncc23)CC1(C)C.CS(=O)(=O)N1CCN(c2cc(C(F)(F)F)cc3[nH]ncc23)C2CCCCC21. The third kappa shape index (κ3) is 16.3. The van der Waals surface area contributed by atoms with Crippen LogP contribution >= 0.6 is 34.8 Å². The lowest BCUT2D eigenvalue weighted by Crippen LogP contribution is -2.62. The zero-order chi connectivity index (χ0) is 72.5. The minimum atomic E-state index is -4.46. The Balaban J connectivity index is 0.000000136. The number of amides is 5. The number of carbonyl (C=O) groups is 5. The number of likely N-dealkylation sites (N-methyl/N-ethyl adjacent to an activating group) is 1. The lowest BCUT2D eigenvalue weighted by atomic mass is 9.87. The first-order valence-electron chi connectivity index (χ1n) is 33.4. The Hall–Kier alpha value is -8.20. The summed E-state index contributed by atoms with van der Waals surface area (Å²) in [6.45, 7) is 17.9. The molecule has 27 nitrogen and oxygen atoms in total. The van der Waals surface area contributed by atoms with Gasteiger partial charge in [-0.2, -0.15) is 37.9 Å². The number of alkyl halides is 3. The fourth-order valence-electron chi connectivity index (χ4n) is 14.8. The number of hydrogen-bond donors (Lipinski definition) is 7. The van der Waals surface area contributed by atoms with Crippen molar-refractivity contribution in [2.75, 3.05) is 132 Å². The van der Waals surface area contributed by atoms with Crippen LogP contribution in [0, 0.1) is 0 Å². The molecule has 4 aromatic carbocycles. The number of esters is 1. The molecule has 2 atom stereocenters. The number of urea groups is 1. The van der Waals surface area contributed by atoms with E-state index in [9.17, 15) is 45.6 Å². The third-order valence-electron chi connectivity index (χ3n) is 20.0. The number of piperidine rings is 1.